The maximum atomic E-state index is 12.9. The highest BCUT2D eigenvalue weighted by molar-refractivity contribution is 5.91. The van der Waals surface area contributed by atoms with Crippen LogP contribution in [0.2, 0.25) is 0 Å². The fraction of sp³-hybridized carbons (Fsp3) is 0.778. The predicted molar refractivity (Wildman–Crippen MR) is 98.5 cm³/mol. The van der Waals surface area contributed by atoms with Crippen molar-refractivity contribution in [3.8, 4) is 0 Å². The Bertz CT molecular complexity index is 538. The Morgan fingerprint density at radius 1 is 1.19 bits per heavy atom. The van der Waals surface area contributed by atoms with E-state index in [4.69, 9.17) is 5.21 Å². The van der Waals surface area contributed by atoms with Crippen molar-refractivity contribution < 1.29 is 24.4 Å². The lowest BCUT2D eigenvalue weighted by Crippen LogP contribution is -2.50. The molecule has 4 amide bonds. The van der Waals surface area contributed by atoms with E-state index in [1.54, 1.807) is 5.48 Å². The number of carbonyl (C=O) groups excluding carboxylic acids is 4. The first-order valence-electron chi connectivity index (χ1n) is 9.52. The Balaban J connectivity index is 3.15. The molecule has 9 heteroatoms. The maximum absolute atomic E-state index is 12.9. The van der Waals surface area contributed by atoms with E-state index in [1.165, 1.54) is 7.05 Å². The number of nitrogens with one attached hydrogen (secondary N) is 4. The van der Waals surface area contributed by atoms with Gasteiger partial charge in [0.2, 0.25) is 23.6 Å². The molecule has 0 aromatic carbocycles. The van der Waals surface area contributed by atoms with Crippen LogP contribution < -0.4 is 21.4 Å². The third-order valence-corrected chi connectivity index (χ3v) is 4.80. The van der Waals surface area contributed by atoms with Crippen LogP contribution in [0.4, 0.5) is 0 Å². The second kappa shape index (κ2) is 11.5. The Kier molecular flexibility index (Phi) is 9.77. The van der Waals surface area contributed by atoms with Gasteiger partial charge in [-0.1, -0.05) is 13.8 Å². The average molecular weight is 384 g/mol. The van der Waals surface area contributed by atoms with E-state index >= 15 is 0 Å². The van der Waals surface area contributed by atoms with Crippen LogP contribution in [-0.2, 0) is 19.2 Å². The van der Waals surface area contributed by atoms with Crippen LogP contribution in [0.1, 0.15) is 52.4 Å². The maximum Gasteiger partial charge on any atom is 0.247 e. The molecule has 0 aliphatic carbocycles. The number of hydroxylamine groups is 1. The van der Waals surface area contributed by atoms with Crippen LogP contribution in [0.15, 0.2) is 0 Å². The Labute approximate surface area is 160 Å². The van der Waals surface area contributed by atoms with Gasteiger partial charge in [-0.2, -0.15) is 0 Å². The summed E-state index contributed by atoms with van der Waals surface area (Å²) in [4.78, 5) is 49.3. The molecule has 5 N–H and O–H groups in total. The highest BCUT2D eigenvalue weighted by Crippen LogP contribution is 2.26. The molecule has 1 saturated heterocycles. The van der Waals surface area contributed by atoms with Crippen LogP contribution in [0.25, 0.3) is 0 Å². The largest absolute Gasteiger partial charge is 0.357 e. The summed E-state index contributed by atoms with van der Waals surface area (Å²) in [5.74, 6) is -3.12. The third kappa shape index (κ3) is 7.54. The van der Waals surface area contributed by atoms with Crippen molar-refractivity contribution in [2.24, 2.45) is 17.8 Å². The highest BCUT2D eigenvalue weighted by atomic mass is 16.5. The van der Waals surface area contributed by atoms with Gasteiger partial charge >= 0.3 is 0 Å². The molecule has 27 heavy (non-hydrogen) atoms. The number of hydrogen-bond donors (Lipinski definition) is 5. The number of hydrogen-bond acceptors (Lipinski definition) is 5. The zero-order valence-electron chi connectivity index (χ0n) is 16.3. The van der Waals surface area contributed by atoms with E-state index in [-0.39, 0.29) is 30.6 Å². The van der Waals surface area contributed by atoms with Crippen LogP contribution in [0.5, 0.6) is 0 Å². The van der Waals surface area contributed by atoms with Crippen molar-refractivity contribution in [2.45, 2.75) is 58.4 Å². The number of likely N-dealkylation sites (N-methyl/N-ethyl adjacent to an activating group) is 1. The van der Waals surface area contributed by atoms with E-state index in [0.717, 1.165) is 0 Å². The van der Waals surface area contributed by atoms with Crippen LogP contribution in [0, 0.1) is 17.8 Å². The van der Waals surface area contributed by atoms with Crippen molar-refractivity contribution in [2.75, 3.05) is 13.6 Å². The fourth-order valence-corrected chi connectivity index (χ4v) is 3.36. The average Bonchev–Trinajstić information content (AvgIpc) is 2.64. The van der Waals surface area contributed by atoms with Crippen molar-refractivity contribution in [1.29, 1.82) is 0 Å². The van der Waals surface area contributed by atoms with E-state index in [0.29, 0.717) is 32.2 Å². The predicted octanol–water partition coefficient (Wildman–Crippen LogP) is 0.0814. The third-order valence-electron chi connectivity index (χ3n) is 4.80. The lowest BCUT2D eigenvalue weighted by atomic mass is 9.81. The second-order valence-electron chi connectivity index (χ2n) is 7.38. The molecule has 0 saturated carbocycles. The fourth-order valence-electron chi connectivity index (χ4n) is 3.36. The highest BCUT2D eigenvalue weighted by Gasteiger charge is 2.36. The van der Waals surface area contributed by atoms with Crippen LogP contribution >= 0.6 is 0 Å². The zero-order chi connectivity index (χ0) is 20.4. The molecule has 0 radical (unpaired) electrons. The summed E-state index contributed by atoms with van der Waals surface area (Å²) in [6.07, 6.45) is 2.39. The van der Waals surface area contributed by atoms with Gasteiger partial charge in [-0.15, -0.1) is 0 Å². The summed E-state index contributed by atoms with van der Waals surface area (Å²) in [7, 11) is 1.50. The van der Waals surface area contributed by atoms with Gasteiger partial charge in [-0.3, -0.25) is 24.4 Å². The lowest BCUT2D eigenvalue weighted by Gasteiger charge is -2.28. The van der Waals surface area contributed by atoms with Crippen molar-refractivity contribution >= 4 is 23.6 Å². The van der Waals surface area contributed by atoms with E-state index < -0.39 is 29.7 Å². The Hall–Kier alpha value is -2.16. The lowest BCUT2D eigenvalue weighted by molar-refractivity contribution is -0.142. The molecule has 0 aromatic heterocycles. The Morgan fingerprint density at radius 2 is 1.89 bits per heavy atom. The van der Waals surface area contributed by atoms with Crippen LogP contribution in [0.3, 0.4) is 0 Å². The molecule has 1 aliphatic heterocycles. The van der Waals surface area contributed by atoms with Gasteiger partial charge in [0, 0.05) is 25.9 Å². The van der Waals surface area contributed by atoms with Gasteiger partial charge in [0.1, 0.15) is 6.04 Å². The van der Waals surface area contributed by atoms with Crippen LogP contribution in [-0.4, -0.2) is 48.5 Å². The van der Waals surface area contributed by atoms with Crippen molar-refractivity contribution in [3.63, 3.8) is 0 Å². The summed E-state index contributed by atoms with van der Waals surface area (Å²) in [5.41, 5.74) is 1.61. The molecule has 1 heterocycles. The van der Waals surface area contributed by atoms with Gasteiger partial charge in [0.25, 0.3) is 0 Å². The normalized spacial score (nSPS) is 25.3. The first-order valence-corrected chi connectivity index (χ1v) is 9.52. The molecule has 0 aromatic rings. The summed E-state index contributed by atoms with van der Waals surface area (Å²) in [6, 6.07) is -0.702. The summed E-state index contributed by atoms with van der Waals surface area (Å²) in [6.45, 7) is 4.32. The smallest absolute Gasteiger partial charge is 0.247 e. The summed E-state index contributed by atoms with van der Waals surface area (Å²) < 4.78 is 0. The standard InChI is InChI=1S/C18H32N4O5/c1-11(2)10-13-12(17(25)22-27)7-8-15(23)20-9-5-4-6-14(18(26)19-3)21-16(13)24/h11-14,27H,4-10H2,1-3H3,(H,19,26)(H,20,23)(H,21,24)(H,22,25)/t12-,13-,14-/m0/s1. The molecule has 0 unspecified atom stereocenters. The van der Waals surface area contributed by atoms with E-state index in [2.05, 4.69) is 16.0 Å². The van der Waals surface area contributed by atoms with Gasteiger partial charge < -0.3 is 16.0 Å². The molecular formula is C18H32N4O5. The minimum atomic E-state index is -0.866. The number of carbonyl (C=O) groups is 4. The van der Waals surface area contributed by atoms with Gasteiger partial charge in [-0.05, 0) is 38.0 Å². The number of rotatable bonds is 4. The van der Waals surface area contributed by atoms with Crippen molar-refractivity contribution in [3.05, 3.63) is 0 Å². The molecule has 0 spiro atoms. The minimum absolute atomic E-state index is 0.0822. The minimum Gasteiger partial charge on any atom is -0.357 e. The molecule has 9 nitrogen and oxygen atoms in total. The van der Waals surface area contributed by atoms with Crippen molar-refractivity contribution in [1.82, 2.24) is 21.4 Å². The number of amides is 4. The summed E-state index contributed by atoms with van der Waals surface area (Å²) in [5, 5.41) is 17.2. The Morgan fingerprint density at radius 3 is 2.48 bits per heavy atom. The van der Waals surface area contributed by atoms with Gasteiger partial charge in [0.15, 0.2) is 0 Å². The zero-order valence-corrected chi connectivity index (χ0v) is 16.3. The van der Waals surface area contributed by atoms with E-state index in [9.17, 15) is 19.2 Å². The molecule has 0 bridgehead atoms. The molecule has 154 valence electrons. The molecular weight excluding hydrogens is 352 g/mol. The first kappa shape index (κ1) is 22.9. The SMILES string of the molecule is CNC(=O)[C@@H]1CCCCNC(=O)CC[C@H](C(=O)NO)[C@H](CC(C)C)C(=O)N1. The molecule has 3 atom stereocenters. The molecule has 1 aliphatic rings. The second-order valence-corrected chi connectivity index (χ2v) is 7.38. The topological polar surface area (TPSA) is 137 Å². The quantitative estimate of drug-likeness (QED) is 0.345. The first-order chi connectivity index (χ1) is 12.8. The van der Waals surface area contributed by atoms with Gasteiger partial charge in [0.05, 0.1) is 5.92 Å². The van der Waals surface area contributed by atoms with Gasteiger partial charge in [-0.25, -0.2) is 5.48 Å². The van der Waals surface area contributed by atoms with E-state index in [1.807, 2.05) is 13.8 Å². The molecule has 1 rings (SSSR count). The summed E-state index contributed by atoms with van der Waals surface area (Å²) >= 11 is 0. The monoisotopic (exact) mass is 384 g/mol. The molecule has 1 fully saturated rings.